The van der Waals surface area contributed by atoms with Crippen molar-refractivity contribution in [3.8, 4) is 0 Å². The second kappa shape index (κ2) is 13.0. The fourth-order valence-electron chi connectivity index (χ4n) is 5.12. The van der Waals surface area contributed by atoms with E-state index >= 15 is 0 Å². The molecule has 0 aliphatic heterocycles. The second-order valence-electron chi connectivity index (χ2n) is 10.4. The molecular formula is C31H36BrN3O4S. The molecular weight excluding hydrogens is 590 g/mol. The van der Waals surface area contributed by atoms with Gasteiger partial charge in [0.15, 0.2) is 0 Å². The van der Waals surface area contributed by atoms with E-state index in [-0.39, 0.29) is 23.4 Å². The fraction of sp³-hybridized carbons (Fsp3) is 0.355. The molecule has 1 fully saturated rings. The maximum Gasteiger partial charge on any atom is 0.264 e. The Morgan fingerprint density at radius 3 is 2.33 bits per heavy atom. The number of rotatable bonds is 10. The first-order valence-corrected chi connectivity index (χ1v) is 15.8. The molecule has 0 heterocycles. The van der Waals surface area contributed by atoms with Gasteiger partial charge in [0, 0.05) is 17.1 Å². The SMILES string of the molecule is Cc1ccc(N(CC(=O)N(Cc2cccc(Br)c2)C(C)C(=O)NC2CCCC2)S(=O)(=O)c2ccccc2)c(C)c1. The molecule has 1 N–H and O–H groups in total. The first-order valence-electron chi connectivity index (χ1n) is 13.6. The van der Waals surface area contributed by atoms with Crippen LogP contribution < -0.4 is 9.62 Å². The minimum Gasteiger partial charge on any atom is -0.352 e. The first-order chi connectivity index (χ1) is 19.1. The molecule has 0 radical (unpaired) electrons. The second-order valence-corrected chi connectivity index (χ2v) is 13.2. The van der Waals surface area contributed by atoms with Gasteiger partial charge in [0.2, 0.25) is 11.8 Å². The topological polar surface area (TPSA) is 86.8 Å². The third-order valence-electron chi connectivity index (χ3n) is 7.34. The van der Waals surface area contributed by atoms with Crippen LogP contribution >= 0.6 is 15.9 Å². The number of hydrogen-bond donors (Lipinski definition) is 1. The van der Waals surface area contributed by atoms with Crippen molar-refractivity contribution in [1.82, 2.24) is 10.2 Å². The molecule has 0 bridgehead atoms. The molecule has 4 rings (SSSR count). The highest BCUT2D eigenvalue weighted by atomic mass is 79.9. The highest BCUT2D eigenvalue weighted by Crippen LogP contribution is 2.28. The van der Waals surface area contributed by atoms with Crippen molar-refractivity contribution in [2.45, 2.75) is 70.0 Å². The molecule has 40 heavy (non-hydrogen) atoms. The lowest BCUT2D eigenvalue weighted by atomic mass is 10.1. The molecule has 1 aliphatic carbocycles. The van der Waals surface area contributed by atoms with Crippen molar-refractivity contribution in [1.29, 1.82) is 0 Å². The maximum atomic E-state index is 14.1. The van der Waals surface area contributed by atoms with E-state index in [9.17, 15) is 18.0 Å². The number of sulfonamides is 1. The van der Waals surface area contributed by atoms with Crippen LogP contribution in [0.5, 0.6) is 0 Å². The number of carbonyl (C=O) groups is 2. The summed E-state index contributed by atoms with van der Waals surface area (Å²) in [5.41, 5.74) is 2.97. The molecule has 1 saturated carbocycles. The Kier molecular flexibility index (Phi) is 9.68. The number of anilines is 1. The van der Waals surface area contributed by atoms with Gasteiger partial charge in [-0.25, -0.2) is 8.42 Å². The summed E-state index contributed by atoms with van der Waals surface area (Å²) in [5, 5.41) is 3.09. The number of carbonyl (C=O) groups excluding carboxylic acids is 2. The molecule has 7 nitrogen and oxygen atoms in total. The van der Waals surface area contributed by atoms with E-state index in [4.69, 9.17) is 0 Å². The van der Waals surface area contributed by atoms with Crippen LogP contribution in [0.15, 0.2) is 82.2 Å². The lowest BCUT2D eigenvalue weighted by molar-refractivity contribution is -0.139. The number of aryl methyl sites for hydroxylation is 2. The number of benzene rings is 3. The van der Waals surface area contributed by atoms with E-state index in [1.807, 2.05) is 50.2 Å². The number of nitrogens with one attached hydrogen (secondary N) is 1. The van der Waals surface area contributed by atoms with Crippen molar-refractivity contribution >= 4 is 43.5 Å². The predicted octanol–water partition coefficient (Wildman–Crippen LogP) is 5.74. The van der Waals surface area contributed by atoms with Gasteiger partial charge in [-0.2, -0.15) is 0 Å². The van der Waals surface area contributed by atoms with Crippen LogP contribution in [0.1, 0.15) is 49.3 Å². The molecule has 0 saturated heterocycles. The zero-order valence-corrected chi connectivity index (χ0v) is 25.5. The summed E-state index contributed by atoms with van der Waals surface area (Å²) in [4.78, 5) is 29.0. The smallest absolute Gasteiger partial charge is 0.264 e. The van der Waals surface area contributed by atoms with E-state index in [0.29, 0.717) is 5.69 Å². The number of halogens is 1. The van der Waals surface area contributed by atoms with Gasteiger partial charge in [-0.3, -0.25) is 13.9 Å². The standard InChI is InChI=1S/C31H36BrN3O4S/c1-22-16-17-29(23(2)18-22)35(40(38,39)28-14-5-4-6-15-28)21-30(36)34(20-25-10-9-11-26(32)19-25)24(3)31(37)33-27-12-7-8-13-27/h4-6,9-11,14-19,24,27H,7-8,12-13,20-21H2,1-3H3,(H,33,37). The van der Waals surface area contributed by atoms with Gasteiger partial charge in [0.1, 0.15) is 12.6 Å². The Morgan fingerprint density at radius 1 is 0.975 bits per heavy atom. The lowest BCUT2D eigenvalue weighted by Crippen LogP contribution is -2.52. The molecule has 1 atom stereocenters. The Bertz CT molecular complexity index is 1460. The minimum absolute atomic E-state index is 0.0911. The summed E-state index contributed by atoms with van der Waals surface area (Å²) in [6.45, 7) is 5.17. The van der Waals surface area contributed by atoms with Crippen molar-refractivity contribution in [3.05, 3.63) is 94.0 Å². The Labute approximate surface area is 245 Å². The van der Waals surface area contributed by atoms with Gasteiger partial charge in [0.05, 0.1) is 10.6 Å². The molecule has 1 aliphatic rings. The summed E-state index contributed by atoms with van der Waals surface area (Å²) in [6.07, 6.45) is 3.99. The average molecular weight is 627 g/mol. The Hall–Kier alpha value is -3.17. The van der Waals surface area contributed by atoms with Crippen LogP contribution in [0.4, 0.5) is 5.69 Å². The predicted molar refractivity (Wildman–Crippen MR) is 161 cm³/mol. The molecule has 3 aromatic rings. The van der Waals surface area contributed by atoms with Gasteiger partial charge >= 0.3 is 0 Å². The fourth-order valence-corrected chi connectivity index (χ4v) is 7.07. The number of nitrogens with zero attached hydrogens (tertiary/aromatic N) is 2. The molecule has 212 valence electrons. The number of amides is 2. The van der Waals surface area contributed by atoms with Gasteiger partial charge in [-0.15, -0.1) is 0 Å². The number of hydrogen-bond acceptors (Lipinski definition) is 4. The zero-order valence-electron chi connectivity index (χ0n) is 23.1. The van der Waals surface area contributed by atoms with Gasteiger partial charge < -0.3 is 10.2 Å². The summed E-state index contributed by atoms with van der Waals surface area (Å²) >= 11 is 3.48. The Balaban J connectivity index is 1.70. The maximum absolute atomic E-state index is 14.1. The molecule has 9 heteroatoms. The largest absolute Gasteiger partial charge is 0.352 e. The van der Waals surface area contributed by atoms with E-state index in [1.54, 1.807) is 31.2 Å². The third kappa shape index (κ3) is 7.12. The van der Waals surface area contributed by atoms with E-state index in [1.165, 1.54) is 17.0 Å². The zero-order chi connectivity index (χ0) is 28.9. The van der Waals surface area contributed by atoms with Crippen LogP contribution in [-0.2, 0) is 26.2 Å². The summed E-state index contributed by atoms with van der Waals surface area (Å²) in [7, 11) is -4.08. The highest BCUT2D eigenvalue weighted by Gasteiger charge is 2.33. The molecule has 0 aromatic heterocycles. The van der Waals surface area contributed by atoms with Crippen molar-refractivity contribution in [2.75, 3.05) is 10.8 Å². The van der Waals surface area contributed by atoms with Crippen LogP contribution in [0.2, 0.25) is 0 Å². The van der Waals surface area contributed by atoms with E-state index < -0.39 is 28.5 Å². The van der Waals surface area contributed by atoms with Crippen molar-refractivity contribution < 1.29 is 18.0 Å². The third-order valence-corrected chi connectivity index (χ3v) is 9.61. The van der Waals surface area contributed by atoms with E-state index in [0.717, 1.165) is 51.2 Å². The minimum atomic E-state index is -4.08. The highest BCUT2D eigenvalue weighted by molar-refractivity contribution is 9.10. The van der Waals surface area contributed by atoms with Crippen LogP contribution in [0, 0.1) is 13.8 Å². The Morgan fingerprint density at radius 2 is 1.68 bits per heavy atom. The summed E-state index contributed by atoms with van der Waals surface area (Å²) < 4.78 is 29.9. The van der Waals surface area contributed by atoms with Gasteiger partial charge in [-0.05, 0) is 75.1 Å². The van der Waals surface area contributed by atoms with Crippen molar-refractivity contribution in [3.63, 3.8) is 0 Å². The van der Waals surface area contributed by atoms with Crippen LogP contribution in [0.3, 0.4) is 0 Å². The summed E-state index contributed by atoms with van der Waals surface area (Å²) in [6, 6.07) is 20.4. The van der Waals surface area contributed by atoms with E-state index in [2.05, 4.69) is 21.2 Å². The quantitative estimate of drug-likeness (QED) is 0.311. The van der Waals surface area contributed by atoms with Gasteiger partial charge in [0.25, 0.3) is 10.0 Å². The molecule has 0 spiro atoms. The molecule has 1 unspecified atom stereocenters. The monoisotopic (exact) mass is 625 g/mol. The normalized spacial score (nSPS) is 14.5. The summed E-state index contributed by atoms with van der Waals surface area (Å²) in [5.74, 6) is -0.701. The van der Waals surface area contributed by atoms with Crippen LogP contribution in [0.25, 0.3) is 0 Å². The molecule has 3 aromatic carbocycles. The first kappa shape index (κ1) is 29.8. The lowest BCUT2D eigenvalue weighted by Gasteiger charge is -2.33. The van der Waals surface area contributed by atoms with Gasteiger partial charge in [-0.1, -0.05) is 76.8 Å². The van der Waals surface area contributed by atoms with Crippen molar-refractivity contribution in [2.24, 2.45) is 0 Å². The average Bonchev–Trinajstić information content (AvgIpc) is 3.44. The molecule has 2 amide bonds. The van der Waals surface area contributed by atoms with Crippen LogP contribution in [-0.4, -0.2) is 43.8 Å².